The van der Waals surface area contributed by atoms with E-state index in [1.807, 2.05) is 0 Å². The number of carbonyl (C=O) groups is 1. The maximum Gasteiger partial charge on any atom is 0.324 e. The quantitative estimate of drug-likeness (QED) is 0.745. The summed E-state index contributed by atoms with van der Waals surface area (Å²) in [6.07, 6.45) is 0. The minimum atomic E-state index is -4.31. The minimum absolute atomic E-state index is 0.130. The smallest absolute Gasteiger partial charge is 0.324 e. The molecule has 0 saturated heterocycles. The van der Waals surface area contributed by atoms with Gasteiger partial charge in [-0.2, -0.15) is 4.72 Å². The second-order valence-corrected chi connectivity index (χ2v) is 6.29. The average Bonchev–Trinajstić information content (AvgIpc) is 2.23. The van der Waals surface area contributed by atoms with Crippen molar-refractivity contribution in [3.63, 3.8) is 0 Å². The van der Waals surface area contributed by atoms with Crippen LogP contribution >= 0.6 is 34.8 Å². The first-order valence-corrected chi connectivity index (χ1v) is 7.31. The molecular formula is C9H8Cl3NO5S. The summed E-state index contributed by atoms with van der Waals surface area (Å²) in [5.74, 6) is -1.53. The van der Waals surface area contributed by atoms with Gasteiger partial charge in [0.05, 0.1) is 16.7 Å². The number of hydrogen-bond donors (Lipinski definition) is 3. The van der Waals surface area contributed by atoms with E-state index in [2.05, 4.69) is 0 Å². The zero-order valence-corrected chi connectivity index (χ0v) is 12.2. The van der Waals surface area contributed by atoms with Crippen molar-refractivity contribution in [2.45, 2.75) is 10.9 Å². The summed E-state index contributed by atoms with van der Waals surface area (Å²) < 4.78 is 25.7. The number of hydrogen-bond acceptors (Lipinski definition) is 4. The fraction of sp³-hybridized carbons (Fsp3) is 0.222. The molecule has 0 radical (unpaired) electrons. The highest BCUT2D eigenvalue weighted by Gasteiger charge is 2.28. The van der Waals surface area contributed by atoms with Crippen LogP contribution in [0.5, 0.6) is 0 Å². The summed E-state index contributed by atoms with van der Waals surface area (Å²) in [5.41, 5.74) is 0. The van der Waals surface area contributed by atoms with Crippen molar-refractivity contribution >= 4 is 50.8 Å². The van der Waals surface area contributed by atoms with Gasteiger partial charge in [-0.25, -0.2) is 8.42 Å². The van der Waals surface area contributed by atoms with Gasteiger partial charge in [-0.15, -0.1) is 0 Å². The topological polar surface area (TPSA) is 104 Å². The van der Waals surface area contributed by atoms with Crippen LogP contribution in [0.25, 0.3) is 0 Å². The molecule has 0 aliphatic heterocycles. The predicted octanol–water partition coefficient (Wildman–Crippen LogP) is 1.37. The highest BCUT2D eigenvalue weighted by molar-refractivity contribution is 7.89. The van der Waals surface area contributed by atoms with Gasteiger partial charge in [0.25, 0.3) is 0 Å². The Balaban J connectivity index is 3.25. The maximum absolute atomic E-state index is 12.0. The lowest BCUT2D eigenvalue weighted by Crippen LogP contribution is -2.43. The second kappa shape index (κ2) is 6.25. The molecule has 1 rings (SSSR count). The summed E-state index contributed by atoms with van der Waals surface area (Å²) in [6, 6.07) is 0.601. The third-order valence-corrected chi connectivity index (χ3v) is 4.62. The van der Waals surface area contributed by atoms with Crippen molar-refractivity contribution in [1.82, 2.24) is 4.72 Å². The fourth-order valence-electron chi connectivity index (χ4n) is 1.20. The van der Waals surface area contributed by atoms with Crippen molar-refractivity contribution in [1.29, 1.82) is 0 Å². The molecule has 0 aliphatic carbocycles. The number of nitrogens with one attached hydrogen (secondary N) is 1. The Morgan fingerprint density at radius 1 is 1.26 bits per heavy atom. The number of aliphatic hydroxyl groups is 1. The summed E-state index contributed by atoms with van der Waals surface area (Å²) >= 11 is 17.1. The molecule has 0 spiro atoms. The lowest BCUT2D eigenvalue weighted by Gasteiger charge is -2.14. The van der Waals surface area contributed by atoms with Gasteiger partial charge in [0, 0.05) is 5.02 Å². The number of aliphatic carboxylic acids is 1. The van der Waals surface area contributed by atoms with E-state index in [4.69, 9.17) is 45.0 Å². The summed E-state index contributed by atoms with van der Waals surface area (Å²) in [7, 11) is -4.31. The Kier molecular flexibility index (Phi) is 5.43. The van der Waals surface area contributed by atoms with E-state index < -0.39 is 33.5 Å². The van der Waals surface area contributed by atoms with E-state index >= 15 is 0 Å². The largest absolute Gasteiger partial charge is 0.480 e. The molecule has 1 aromatic rings. The van der Waals surface area contributed by atoms with Gasteiger partial charge >= 0.3 is 5.97 Å². The van der Waals surface area contributed by atoms with Crippen LogP contribution in [-0.2, 0) is 14.8 Å². The number of carboxylic acids is 1. The lowest BCUT2D eigenvalue weighted by atomic mass is 10.3. The van der Waals surface area contributed by atoms with E-state index in [9.17, 15) is 13.2 Å². The first kappa shape index (κ1) is 16.5. The normalized spacial score (nSPS) is 13.3. The molecule has 3 N–H and O–H groups in total. The van der Waals surface area contributed by atoms with Crippen LogP contribution in [0.1, 0.15) is 0 Å². The minimum Gasteiger partial charge on any atom is -0.480 e. The Hall–Kier alpha value is -0.570. The highest BCUT2D eigenvalue weighted by atomic mass is 35.5. The van der Waals surface area contributed by atoms with Crippen LogP contribution in [-0.4, -0.2) is 37.2 Å². The molecule has 106 valence electrons. The van der Waals surface area contributed by atoms with Gasteiger partial charge < -0.3 is 10.2 Å². The third-order valence-electron chi connectivity index (χ3n) is 2.01. The van der Waals surface area contributed by atoms with E-state index in [0.717, 1.165) is 12.1 Å². The number of halogens is 3. The number of aliphatic hydroxyl groups excluding tert-OH is 1. The van der Waals surface area contributed by atoms with Crippen molar-refractivity contribution in [3.8, 4) is 0 Å². The molecule has 0 heterocycles. The number of benzene rings is 1. The van der Waals surface area contributed by atoms with Crippen LogP contribution < -0.4 is 4.72 Å². The van der Waals surface area contributed by atoms with Gasteiger partial charge in [0.15, 0.2) is 0 Å². The molecule has 0 aromatic heterocycles. The standard InChI is InChI=1S/C9H8Cl3NO5S/c10-4-1-5(11)8(6(12)2-4)19(17,18)13-7(3-14)9(15)16/h1-2,7,13-14H,3H2,(H,15,16)/t7-/m0/s1. The first-order chi connectivity index (χ1) is 8.69. The molecule has 0 fully saturated rings. The highest BCUT2D eigenvalue weighted by Crippen LogP contribution is 2.32. The van der Waals surface area contributed by atoms with Gasteiger partial charge in [0.1, 0.15) is 10.9 Å². The van der Waals surface area contributed by atoms with E-state index in [-0.39, 0.29) is 15.1 Å². The Bertz CT molecular complexity index is 581. The van der Waals surface area contributed by atoms with E-state index in [1.165, 1.54) is 0 Å². The van der Waals surface area contributed by atoms with Gasteiger partial charge in [-0.05, 0) is 12.1 Å². The number of rotatable bonds is 5. The molecular weight excluding hydrogens is 341 g/mol. The molecule has 0 aliphatic rings. The second-order valence-electron chi connectivity index (χ2n) is 3.39. The average molecular weight is 349 g/mol. The third kappa shape index (κ3) is 3.95. The zero-order chi connectivity index (χ0) is 14.8. The van der Waals surface area contributed by atoms with Crippen LogP contribution in [0.15, 0.2) is 17.0 Å². The first-order valence-electron chi connectivity index (χ1n) is 4.69. The Morgan fingerprint density at radius 3 is 2.11 bits per heavy atom. The molecule has 0 unspecified atom stereocenters. The molecule has 0 bridgehead atoms. The monoisotopic (exact) mass is 347 g/mol. The van der Waals surface area contributed by atoms with E-state index in [1.54, 1.807) is 4.72 Å². The van der Waals surface area contributed by atoms with Crippen molar-refractivity contribution in [3.05, 3.63) is 27.2 Å². The summed E-state index contributed by atoms with van der Waals surface area (Å²) in [4.78, 5) is 10.2. The summed E-state index contributed by atoms with van der Waals surface area (Å²) in [6.45, 7) is -0.919. The predicted molar refractivity (Wildman–Crippen MR) is 70.3 cm³/mol. The Morgan fingerprint density at radius 2 is 1.74 bits per heavy atom. The molecule has 6 nitrogen and oxygen atoms in total. The van der Waals surface area contributed by atoms with E-state index in [0.29, 0.717) is 0 Å². The van der Waals surface area contributed by atoms with Crippen LogP contribution in [0.2, 0.25) is 15.1 Å². The zero-order valence-electron chi connectivity index (χ0n) is 9.10. The van der Waals surface area contributed by atoms with Crippen molar-refractivity contribution in [2.75, 3.05) is 6.61 Å². The van der Waals surface area contributed by atoms with Gasteiger partial charge in [-0.1, -0.05) is 34.8 Å². The Labute approximate surface area is 123 Å². The molecule has 1 atom stereocenters. The van der Waals surface area contributed by atoms with Crippen LogP contribution in [0.4, 0.5) is 0 Å². The maximum atomic E-state index is 12.0. The molecule has 1 aromatic carbocycles. The molecule has 0 saturated carbocycles. The molecule has 19 heavy (non-hydrogen) atoms. The van der Waals surface area contributed by atoms with Crippen molar-refractivity contribution in [2.24, 2.45) is 0 Å². The molecule has 10 heteroatoms. The van der Waals surface area contributed by atoms with Gasteiger partial charge in [-0.3, -0.25) is 4.79 Å². The number of sulfonamides is 1. The molecule has 0 amide bonds. The summed E-state index contributed by atoms with van der Waals surface area (Å²) in [5, 5.41) is 17.1. The number of carboxylic acid groups (broad SMARTS) is 1. The van der Waals surface area contributed by atoms with Gasteiger partial charge in [0.2, 0.25) is 10.0 Å². The fourth-order valence-corrected chi connectivity index (χ4v) is 3.92. The van der Waals surface area contributed by atoms with Crippen molar-refractivity contribution < 1.29 is 23.4 Å². The van der Waals surface area contributed by atoms with Crippen LogP contribution in [0.3, 0.4) is 0 Å². The van der Waals surface area contributed by atoms with Crippen LogP contribution in [0, 0.1) is 0 Å². The lowest BCUT2D eigenvalue weighted by molar-refractivity contribution is -0.139. The SMILES string of the molecule is O=C(O)[C@H](CO)NS(=O)(=O)c1c(Cl)cc(Cl)cc1Cl.